The van der Waals surface area contributed by atoms with Gasteiger partial charge < -0.3 is 20.3 Å². The van der Waals surface area contributed by atoms with Gasteiger partial charge in [-0.25, -0.2) is 0 Å². The van der Waals surface area contributed by atoms with Crippen molar-refractivity contribution in [3.8, 4) is 5.75 Å². The SMILES string of the molecule is CC1CC(O)(c2cccc(C(F)(F)F)c2)CC(COc2cc(C(F)(F)F)c3c(c2)c(F)nn3C2CC(C)(O)C2)N1. The van der Waals surface area contributed by atoms with Crippen LogP contribution in [-0.4, -0.2) is 44.3 Å². The van der Waals surface area contributed by atoms with Crippen molar-refractivity contribution in [2.45, 2.75) is 81.2 Å². The molecule has 218 valence electrons. The van der Waals surface area contributed by atoms with E-state index in [1.807, 2.05) is 0 Å². The molecule has 1 aliphatic heterocycles. The van der Waals surface area contributed by atoms with Gasteiger partial charge in [-0.2, -0.15) is 30.7 Å². The van der Waals surface area contributed by atoms with Gasteiger partial charge in [-0.05, 0) is 69.4 Å². The van der Waals surface area contributed by atoms with Crippen molar-refractivity contribution < 1.29 is 45.7 Å². The number of rotatable bonds is 5. The fourth-order valence-corrected chi connectivity index (χ4v) is 5.94. The molecular formula is C27H28F7N3O3. The molecule has 3 atom stereocenters. The maximum Gasteiger partial charge on any atom is 0.418 e. The Balaban J connectivity index is 1.40. The first-order valence-corrected chi connectivity index (χ1v) is 12.8. The van der Waals surface area contributed by atoms with Crippen LogP contribution in [0.15, 0.2) is 36.4 Å². The molecule has 0 spiro atoms. The molecule has 1 saturated carbocycles. The number of hydrogen-bond acceptors (Lipinski definition) is 5. The standard InChI is InChI=1S/C27H28F7N3O3/c1-14-9-25(39,15-4-3-5-16(6-15)26(29,30)31)10-17(35-14)13-40-19-7-20-22(21(8-19)27(32,33)34)37(36-23(20)28)18-11-24(2,38)12-18/h3-8,14,17-18,35,38-39H,9-13H2,1-2H3. The summed E-state index contributed by atoms with van der Waals surface area (Å²) in [6, 6.07) is 4.67. The van der Waals surface area contributed by atoms with Gasteiger partial charge in [-0.1, -0.05) is 12.1 Å². The molecule has 3 unspecified atom stereocenters. The molecule has 1 aromatic heterocycles. The van der Waals surface area contributed by atoms with Crippen LogP contribution in [-0.2, 0) is 18.0 Å². The summed E-state index contributed by atoms with van der Waals surface area (Å²) in [6.07, 6.45) is -9.18. The van der Waals surface area contributed by atoms with E-state index in [1.54, 1.807) is 6.92 Å². The van der Waals surface area contributed by atoms with Crippen LogP contribution < -0.4 is 10.1 Å². The molecule has 40 heavy (non-hydrogen) atoms. The number of aromatic nitrogens is 2. The van der Waals surface area contributed by atoms with E-state index in [0.717, 1.165) is 28.9 Å². The number of piperidine rings is 1. The van der Waals surface area contributed by atoms with E-state index < -0.39 is 58.2 Å². The molecule has 0 amide bonds. The lowest BCUT2D eigenvalue weighted by Gasteiger charge is -2.41. The molecule has 3 N–H and O–H groups in total. The molecule has 1 saturated heterocycles. The fraction of sp³-hybridized carbons (Fsp3) is 0.519. The minimum absolute atomic E-state index is 0.0685. The Kier molecular flexibility index (Phi) is 6.86. The third-order valence-corrected chi connectivity index (χ3v) is 7.66. The summed E-state index contributed by atoms with van der Waals surface area (Å²) in [5.41, 5.74) is -5.13. The summed E-state index contributed by atoms with van der Waals surface area (Å²) in [6.45, 7) is 3.02. The Hall–Kier alpha value is -2.90. The third kappa shape index (κ3) is 5.51. The van der Waals surface area contributed by atoms with Crippen molar-refractivity contribution >= 4 is 10.9 Å². The molecule has 2 aliphatic rings. The zero-order valence-corrected chi connectivity index (χ0v) is 21.6. The maximum atomic E-state index is 14.8. The normalized spacial score (nSPS) is 29.4. The van der Waals surface area contributed by atoms with Crippen molar-refractivity contribution in [2.24, 2.45) is 0 Å². The van der Waals surface area contributed by atoms with Gasteiger partial charge in [-0.3, -0.25) is 4.68 Å². The number of hydrogen-bond donors (Lipinski definition) is 3. The summed E-state index contributed by atoms with van der Waals surface area (Å²) in [7, 11) is 0. The average molecular weight is 576 g/mol. The first-order chi connectivity index (χ1) is 18.5. The molecule has 2 heterocycles. The van der Waals surface area contributed by atoms with Crippen molar-refractivity contribution in [3.63, 3.8) is 0 Å². The van der Waals surface area contributed by atoms with Crippen LogP contribution in [0.4, 0.5) is 30.7 Å². The van der Waals surface area contributed by atoms with Gasteiger partial charge >= 0.3 is 12.4 Å². The van der Waals surface area contributed by atoms with Gasteiger partial charge in [0.1, 0.15) is 12.4 Å². The highest BCUT2D eigenvalue weighted by Gasteiger charge is 2.44. The van der Waals surface area contributed by atoms with Crippen LogP contribution in [0, 0.1) is 5.95 Å². The lowest BCUT2D eigenvalue weighted by molar-refractivity contribution is -0.138. The molecule has 2 fully saturated rings. The van der Waals surface area contributed by atoms with E-state index in [0.29, 0.717) is 0 Å². The second-order valence-electron chi connectivity index (χ2n) is 11.3. The minimum Gasteiger partial charge on any atom is -0.492 e. The van der Waals surface area contributed by atoms with Crippen molar-refractivity contribution in [2.75, 3.05) is 6.61 Å². The number of benzene rings is 2. The lowest BCUT2D eigenvalue weighted by atomic mass is 9.77. The highest BCUT2D eigenvalue weighted by atomic mass is 19.4. The highest BCUT2D eigenvalue weighted by molar-refractivity contribution is 5.85. The topological polar surface area (TPSA) is 79.5 Å². The minimum atomic E-state index is -4.87. The van der Waals surface area contributed by atoms with Gasteiger partial charge in [0.15, 0.2) is 0 Å². The van der Waals surface area contributed by atoms with Crippen molar-refractivity contribution in [1.82, 2.24) is 15.1 Å². The van der Waals surface area contributed by atoms with Gasteiger partial charge in [-0.15, -0.1) is 5.10 Å². The molecule has 2 aromatic carbocycles. The smallest absolute Gasteiger partial charge is 0.418 e. The largest absolute Gasteiger partial charge is 0.492 e. The Bertz CT molecular complexity index is 1410. The number of nitrogens with zero attached hydrogens (tertiary/aromatic N) is 2. The van der Waals surface area contributed by atoms with Gasteiger partial charge in [0.05, 0.1) is 39.3 Å². The molecule has 1 aliphatic carbocycles. The lowest BCUT2D eigenvalue weighted by Crippen LogP contribution is -2.53. The summed E-state index contributed by atoms with van der Waals surface area (Å²) in [4.78, 5) is 0. The molecule has 13 heteroatoms. The third-order valence-electron chi connectivity index (χ3n) is 7.66. The van der Waals surface area contributed by atoms with Crippen LogP contribution in [0.25, 0.3) is 10.9 Å². The Morgan fingerprint density at radius 1 is 1.02 bits per heavy atom. The van der Waals surface area contributed by atoms with Crippen LogP contribution in [0.5, 0.6) is 5.75 Å². The van der Waals surface area contributed by atoms with E-state index in [1.165, 1.54) is 19.1 Å². The van der Waals surface area contributed by atoms with Gasteiger partial charge in [0, 0.05) is 12.1 Å². The first-order valence-electron chi connectivity index (χ1n) is 12.8. The second kappa shape index (κ2) is 9.59. The maximum absolute atomic E-state index is 14.8. The van der Waals surface area contributed by atoms with Crippen LogP contribution in [0.2, 0.25) is 0 Å². The Labute approximate surface area is 224 Å². The zero-order chi connectivity index (χ0) is 29.3. The predicted molar refractivity (Wildman–Crippen MR) is 130 cm³/mol. The summed E-state index contributed by atoms with van der Waals surface area (Å²) in [5, 5.41) is 27.8. The number of nitrogens with one attached hydrogen (secondary N) is 1. The molecule has 0 bridgehead atoms. The van der Waals surface area contributed by atoms with Crippen molar-refractivity contribution in [1.29, 1.82) is 0 Å². The van der Waals surface area contributed by atoms with E-state index in [4.69, 9.17) is 4.74 Å². The quantitative estimate of drug-likeness (QED) is 0.340. The number of alkyl halides is 6. The van der Waals surface area contributed by atoms with E-state index in [2.05, 4.69) is 10.4 Å². The van der Waals surface area contributed by atoms with Crippen LogP contribution >= 0.6 is 0 Å². The number of fused-ring (bicyclic) bond motifs is 1. The van der Waals surface area contributed by atoms with Crippen molar-refractivity contribution in [3.05, 3.63) is 59.0 Å². The number of aliphatic hydroxyl groups is 2. The molecule has 3 aromatic rings. The Morgan fingerprint density at radius 2 is 1.73 bits per heavy atom. The van der Waals surface area contributed by atoms with E-state index in [9.17, 15) is 40.9 Å². The summed E-state index contributed by atoms with van der Waals surface area (Å²) in [5.74, 6) is -1.39. The second-order valence-corrected chi connectivity index (χ2v) is 11.3. The van der Waals surface area contributed by atoms with Crippen LogP contribution in [0.1, 0.15) is 62.3 Å². The Morgan fingerprint density at radius 3 is 2.35 bits per heavy atom. The number of halogens is 7. The summed E-state index contributed by atoms with van der Waals surface area (Å²) < 4.78 is 103. The molecule has 0 radical (unpaired) electrons. The summed E-state index contributed by atoms with van der Waals surface area (Å²) >= 11 is 0. The number of ether oxygens (including phenoxy) is 1. The van der Waals surface area contributed by atoms with Crippen LogP contribution in [0.3, 0.4) is 0 Å². The van der Waals surface area contributed by atoms with E-state index >= 15 is 0 Å². The van der Waals surface area contributed by atoms with Gasteiger partial charge in [0.25, 0.3) is 0 Å². The molecular weight excluding hydrogens is 547 g/mol. The van der Waals surface area contributed by atoms with Gasteiger partial charge in [0.2, 0.25) is 5.95 Å². The predicted octanol–water partition coefficient (Wildman–Crippen LogP) is 5.71. The average Bonchev–Trinajstić information content (AvgIpc) is 3.15. The van der Waals surface area contributed by atoms with E-state index in [-0.39, 0.29) is 55.0 Å². The molecule has 5 rings (SSSR count). The monoisotopic (exact) mass is 575 g/mol. The molecule has 6 nitrogen and oxygen atoms in total. The fourth-order valence-electron chi connectivity index (χ4n) is 5.94. The first kappa shape index (κ1) is 28.6. The highest BCUT2D eigenvalue weighted by Crippen LogP contribution is 2.46. The zero-order valence-electron chi connectivity index (χ0n) is 21.6.